The molecule has 1 atom stereocenters. The fraction of sp³-hybridized carbons (Fsp3) is 0.474. The second-order valence-electron chi connectivity index (χ2n) is 7.19. The Morgan fingerprint density at radius 2 is 2.09 bits per heavy atom. The summed E-state index contributed by atoms with van der Waals surface area (Å²) >= 11 is 0. The molecule has 1 fully saturated rings. The first-order valence-corrected chi connectivity index (χ1v) is 9.60. The Balaban J connectivity index is 1.74. The molecule has 0 spiro atoms. The van der Waals surface area contributed by atoms with Crippen molar-refractivity contribution in [3.63, 3.8) is 0 Å². The van der Waals surface area contributed by atoms with E-state index in [9.17, 15) is 22.0 Å². The van der Waals surface area contributed by atoms with Crippen molar-refractivity contribution in [2.45, 2.75) is 31.1 Å². The van der Waals surface area contributed by atoms with Crippen LogP contribution in [0.15, 0.2) is 24.5 Å². The van der Waals surface area contributed by atoms with Crippen LogP contribution in [0.4, 0.5) is 38.0 Å². The minimum Gasteiger partial charge on any atom is -0.488 e. The van der Waals surface area contributed by atoms with Gasteiger partial charge in [0, 0.05) is 19.0 Å². The van der Waals surface area contributed by atoms with E-state index in [-0.39, 0.29) is 30.3 Å². The van der Waals surface area contributed by atoms with Gasteiger partial charge in [-0.05, 0) is 25.0 Å². The van der Waals surface area contributed by atoms with E-state index < -0.39 is 42.9 Å². The number of rotatable bonds is 8. The number of nitrogens with zero attached hydrogens (tertiary/aromatic N) is 4. The predicted octanol–water partition coefficient (Wildman–Crippen LogP) is 3.95. The molecule has 3 heterocycles. The van der Waals surface area contributed by atoms with Crippen LogP contribution in [0.3, 0.4) is 0 Å². The zero-order valence-corrected chi connectivity index (χ0v) is 16.7. The highest BCUT2D eigenvalue weighted by Crippen LogP contribution is 2.35. The quantitative estimate of drug-likeness (QED) is 0.456. The molecule has 13 heteroatoms. The van der Waals surface area contributed by atoms with E-state index in [0.717, 1.165) is 18.5 Å². The summed E-state index contributed by atoms with van der Waals surface area (Å²) in [6.07, 6.45) is -3.89. The highest BCUT2D eigenvalue weighted by molar-refractivity contribution is 5.81. The molecule has 2 aromatic heterocycles. The average molecular weight is 462 g/mol. The van der Waals surface area contributed by atoms with Gasteiger partial charge in [0.05, 0.1) is 19.3 Å². The third-order valence-electron chi connectivity index (χ3n) is 4.73. The molecule has 0 bridgehead atoms. The van der Waals surface area contributed by atoms with Gasteiger partial charge in [0.2, 0.25) is 0 Å². The standard InChI is InChI=1S/C19H20F6N6O/c20-14(21)8-29-17-12(7-26)28-9-15(30-17)31-6-2-4-18(22,10-31)11-32-13-3-1-5-27-16(13)19(23,24)25/h1,3,5,7,9,14,26H,2,4,6,8,10-11H2,(H,29,30). The van der Waals surface area contributed by atoms with Crippen LogP contribution < -0.4 is 15.0 Å². The van der Waals surface area contributed by atoms with Crippen molar-refractivity contribution >= 4 is 17.9 Å². The number of pyridine rings is 1. The summed E-state index contributed by atoms with van der Waals surface area (Å²) in [6, 6.07) is 2.33. The maximum Gasteiger partial charge on any atom is 0.437 e. The van der Waals surface area contributed by atoms with E-state index in [2.05, 4.69) is 20.3 Å². The van der Waals surface area contributed by atoms with E-state index in [0.29, 0.717) is 13.0 Å². The van der Waals surface area contributed by atoms with Crippen molar-refractivity contribution in [2.75, 3.05) is 36.5 Å². The minimum atomic E-state index is -4.74. The van der Waals surface area contributed by atoms with Crippen LogP contribution in [0.1, 0.15) is 24.2 Å². The van der Waals surface area contributed by atoms with E-state index in [1.807, 2.05) is 0 Å². The lowest BCUT2D eigenvalue weighted by molar-refractivity contribution is -0.143. The molecule has 1 unspecified atom stereocenters. The smallest absolute Gasteiger partial charge is 0.437 e. The lowest BCUT2D eigenvalue weighted by Gasteiger charge is -2.37. The number of halogens is 6. The first kappa shape index (κ1) is 23.5. The van der Waals surface area contributed by atoms with Crippen LogP contribution in [0.2, 0.25) is 0 Å². The lowest BCUT2D eigenvalue weighted by atomic mass is 9.95. The van der Waals surface area contributed by atoms with Gasteiger partial charge in [0.25, 0.3) is 6.43 Å². The predicted molar refractivity (Wildman–Crippen MR) is 104 cm³/mol. The van der Waals surface area contributed by atoms with E-state index in [1.54, 1.807) is 0 Å². The molecule has 0 aliphatic carbocycles. The fourth-order valence-corrected chi connectivity index (χ4v) is 3.28. The second kappa shape index (κ2) is 9.57. The molecule has 3 rings (SSSR count). The Bertz CT molecular complexity index is 943. The monoisotopic (exact) mass is 462 g/mol. The summed E-state index contributed by atoms with van der Waals surface area (Å²) in [7, 11) is 0. The zero-order valence-electron chi connectivity index (χ0n) is 16.7. The number of aromatic nitrogens is 3. The zero-order chi connectivity index (χ0) is 23.4. The Labute approximate surface area is 179 Å². The molecule has 0 radical (unpaired) electrons. The first-order valence-electron chi connectivity index (χ1n) is 9.60. The topological polar surface area (TPSA) is 87.0 Å². The molecular formula is C19H20F6N6O. The maximum atomic E-state index is 15.5. The lowest BCUT2D eigenvalue weighted by Crippen LogP contribution is -2.49. The maximum absolute atomic E-state index is 15.5. The van der Waals surface area contributed by atoms with Crippen LogP contribution in [-0.4, -0.2) is 59.5 Å². The number of ether oxygens (including phenoxy) is 1. The van der Waals surface area contributed by atoms with Crippen LogP contribution in [0, 0.1) is 5.41 Å². The van der Waals surface area contributed by atoms with Gasteiger partial charge in [-0.15, -0.1) is 0 Å². The molecule has 0 amide bonds. The van der Waals surface area contributed by atoms with Crippen molar-refractivity contribution in [1.29, 1.82) is 5.41 Å². The molecule has 1 saturated heterocycles. The summed E-state index contributed by atoms with van der Waals surface area (Å²) in [4.78, 5) is 12.9. The van der Waals surface area contributed by atoms with Gasteiger partial charge in [0.15, 0.2) is 17.2 Å². The largest absolute Gasteiger partial charge is 0.488 e. The third-order valence-corrected chi connectivity index (χ3v) is 4.73. The summed E-state index contributed by atoms with van der Waals surface area (Å²) in [5, 5.41) is 9.71. The SMILES string of the molecule is N=Cc1ncc(N2CCCC(F)(COc3cccnc3C(F)(F)F)C2)nc1NCC(F)F. The van der Waals surface area contributed by atoms with Gasteiger partial charge in [-0.3, -0.25) is 0 Å². The Morgan fingerprint density at radius 3 is 2.78 bits per heavy atom. The van der Waals surface area contributed by atoms with Gasteiger partial charge in [-0.25, -0.2) is 28.1 Å². The van der Waals surface area contributed by atoms with Gasteiger partial charge in [-0.1, -0.05) is 0 Å². The number of alkyl halides is 6. The molecule has 0 saturated carbocycles. The van der Waals surface area contributed by atoms with Crippen molar-refractivity contribution in [2.24, 2.45) is 0 Å². The van der Waals surface area contributed by atoms with Crippen LogP contribution in [-0.2, 0) is 6.18 Å². The van der Waals surface area contributed by atoms with Crippen molar-refractivity contribution < 1.29 is 31.1 Å². The summed E-state index contributed by atoms with van der Waals surface area (Å²) < 4.78 is 84.9. The molecule has 7 nitrogen and oxygen atoms in total. The fourth-order valence-electron chi connectivity index (χ4n) is 3.28. The summed E-state index contributed by atoms with van der Waals surface area (Å²) in [5.74, 6) is -0.427. The highest BCUT2D eigenvalue weighted by Gasteiger charge is 2.40. The molecule has 1 aliphatic heterocycles. The van der Waals surface area contributed by atoms with E-state index in [1.165, 1.54) is 17.2 Å². The van der Waals surface area contributed by atoms with Crippen molar-refractivity contribution in [3.05, 3.63) is 35.9 Å². The number of anilines is 2. The van der Waals surface area contributed by atoms with Crippen LogP contribution >= 0.6 is 0 Å². The number of nitrogens with one attached hydrogen (secondary N) is 2. The molecule has 32 heavy (non-hydrogen) atoms. The Kier molecular flexibility index (Phi) is 7.04. The second-order valence-corrected chi connectivity index (χ2v) is 7.19. The molecule has 2 aromatic rings. The normalized spacial score (nSPS) is 19.2. The van der Waals surface area contributed by atoms with Crippen LogP contribution in [0.5, 0.6) is 5.75 Å². The van der Waals surface area contributed by atoms with Gasteiger partial charge < -0.3 is 20.4 Å². The summed E-state index contributed by atoms with van der Waals surface area (Å²) in [6.45, 7) is -1.21. The van der Waals surface area contributed by atoms with Crippen LogP contribution in [0.25, 0.3) is 0 Å². The first-order chi connectivity index (χ1) is 15.1. The van der Waals surface area contributed by atoms with Crippen molar-refractivity contribution in [3.8, 4) is 5.75 Å². The summed E-state index contributed by atoms with van der Waals surface area (Å²) in [5.41, 5.74) is -3.19. The molecule has 2 N–H and O–H groups in total. The Hall–Kier alpha value is -3.12. The molecule has 1 aliphatic rings. The number of piperidine rings is 1. The van der Waals surface area contributed by atoms with Crippen molar-refractivity contribution in [1.82, 2.24) is 15.0 Å². The number of hydrogen-bond acceptors (Lipinski definition) is 7. The van der Waals surface area contributed by atoms with E-state index in [4.69, 9.17) is 10.1 Å². The van der Waals surface area contributed by atoms with E-state index >= 15 is 4.39 Å². The highest BCUT2D eigenvalue weighted by atomic mass is 19.4. The van der Waals surface area contributed by atoms with Gasteiger partial charge in [0.1, 0.15) is 23.9 Å². The van der Waals surface area contributed by atoms with Gasteiger partial charge in [-0.2, -0.15) is 13.2 Å². The minimum absolute atomic E-state index is 0.0394. The molecule has 174 valence electrons. The number of hydrogen-bond donors (Lipinski definition) is 2. The average Bonchev–Trinajstić information content (AvgIpc) is 2.75. The molecular weight excluding hydrogens is 442 g/mol. The van der Waals surface area contributed by atoms with Gasteiger partial charge >= 0.3 is 6.18 Å². The molecule has 0 aromatic carbocycles. The third kappa shape index (κ3) is 5.77. The Morgan fingerprint density at radius 1 is 1.31 bits per heavy atom.